The first-order valence-corrected chi connectivity index (χ1v) is 6.96. The number of hydrogen-bond donors (Lipinski definition) is 0. The van der Waals surface area contributed by atoms with Crippen LogP contribution in [-0.2, 0) is 6.42 Å². The number of fused-ring (bicyclic) bond motifs is 2. The molecule has 0 aromatic heterocycles. The molecular formula is C17H21Cl2NO. The summed E-state index contributed by atoms with van der Waals surface area (Å²) >= 11 is 0. The molecular weight excluding hydrogens is 305 g/mol. The van der Waals surface area contributed by atoms with Gasteiger partial charge in [0.25, 0.3) is 0 Å². The predicted octanol–water partition coefficient (Wildman–Crippen LogP) is 5.07. The number of anilines is 1. The maximum atomic E-state index is 6.03. The SMILES string of the molecule is CCN(CC)c1cccc2c1Cc1ccccc1O2.Cl.Cl. The molecule has 0 bridgehead atoms. The normalized spacial score (nSPS) is 11.1. The number of para-hydroxylation sites is 1. The van der Waals surface area contributed by atoms with Crippen LogP contribution in [0, 0.1) is 0 Å². The summed E-state index contributed by atoms with van der Waals surface area (Å²) in [6.07, 6.45) is 0.957. The van der Waals surface area contributed by atoms with Crippen LogP contribution in [0.3, 0.4) is 0 Å². The van der Waals surface area contributed by atoms with E-state index in [0.29, 0.717) is 0 Å². The van der Waals surface area contributed by atoms with E-state index in [9.17, 15) is 0 Å². The molecule has 0 unspecified atom stereocenters. The van der Waals surface area contributed by atoms with E-state index in [4.69, 9.17) is 4.74 Å². The molecule has 0 N–H and O–H groups in total. The Bertz CT molecular complexity index is 597. The molecule has 0 spiro atoms. The Morgan fingerprint density at radius 3 is 2.29 bits per heavy atom. The van der Waals surface area contributed by atoms with Crippen LogP contribution in [0.15, 0.2) is 42.5 Å². The molecule has 21 heavy (non-hydrogen) atoms. The summed E-state index contributed by atoms with van der Waals surface area (Å²) in [5.74, 6) is 2.00. The number of benzene rings is 2. The van der Waals surface area contributed by atoms with Gasteiger partial charge in [0.05, 0.1) is 0 Å². The van der Waals surface area contributed by atoms with Crippen LogP contribution >= 0.6 is 24.8 Å². The van der Waals surface area contributed by atoms with Gasteiger partial charge in [-0.25, -0.2) is 0 Å². The average molecular weight is 326 g/mol. The minimum Gasteiger partial charge on any atom is -0.457 e. The Balaban J connectivity index is 0.00000110. The largest absolute Gasteiger partial charge is 0.457 e. The van der Waals surface area contributed by atoms with Crippen LogP contribution < -0.4 is 9.64 Å². The Labute approximate surface area is 138 Å². The minimum absolute atomic E-state index is 0. The maximum Gasteiger partial charge on any atom is 0.133 e. The summed E-state index contributed by atoms with van der Waals surface area (Å²) in [6.45, 7) is 6.43. The standard InChI is InChI=1S/C17H19NO.2ClH/c1-3-18(4-2)15-9-7-11-17-14(15)12-13-8-5-6-10-16(13)19-17;;/h5-11H,3-4,12H2,1-2H3;2*1H. The quantitative estimate of drug-likeness (QED) is 0.666. The highest BCUT2D eigenvalue weighted by Crippen LogP contribution is 2.40. The van der Waals surface area contributed by atoms with Crippen LogP contribution in [0.5, 0.6) is 11.5 Å². The van der Waals surface area contributed by atoms with Gasteiger partial charge in [-0.05, 0) is 37.6 Å². The third-order valence-corrected chi connectivity index (χ3v) is 3.77. The zero-order valence-corrected chi connectivity index (χ0v) is 14.0. The van der Waals surface area contributed by atoms with Gasteiger partial charge in [0.2, 0.25) is 0 Å². The second-order valence-corrected chi connectivity index (χ2v) is 4.81. The molecule has 0 atom stereocenters. The minimum atomic E-state index is 0. The van der Waals surface area contributed by atoms with Gasteiger partial charge in [-0.2, -0.15) is 0 Å². The van der Waals surface area contributed by atoms with Crippen molar-refractivity contribution >= 4 is 30.5 Å². The Morgan fingerprint density at radius 1 is 0.905 bits per heavy atom. The van der Waals surface area contributed by atoms with Crippen LogP contribution in [0.25, 0.3) is 0 Å². The Morgan fingerprint density at radius 2 is 1.57 bits per heavy atom. The molecule has 0 aliphatic carbocycles. The molecule has 3 rings (SSSR count). The molecule has 1 heterocycles. The van der Waals surface area contributed by atoms with Crippen molar-refractivity contribution in [3.05, 3.63) is 53.6 Å². The van der Waals surface area contributed by atoms with Crippen LogP contribution in [0.1, 0.15) is 25.0 Å². The number of ether oxygens (including phenoxy) is 1. The van der Waals surface area contributed by atoms with Gasteiger partial charge in [-0.3, -0.25) is 0 Å². The molecule has 1 aliphatic heterocycles. The van der Waals surface area contributed by atoms with Crippen molar-refractivity contribution < 1.29 is 4.74 Å². The van der Waals surface area contributed by atoms with Gasteiger partial charge in [0.15, 0.2) is 0 Å². The second-order valence-electron chi connectivity index (χ2n) is 4.81. The van der Waals surface area contributed by atoms with E-state index < -0.39 is 0 Å². The van der Waals surface area contributed by atoms with E-state index >= 15 is 0 Å². The summed E-state index contributed by atoms with van der Waals surface area (Å²) in [7, 11) is 0. The zero-order valence-electron chi connectivity index (χ0n) is 12.3. The summed E-state index contributed by atoms with van der Waals surface area (Å²) in [5, 5.41) is 0. The predicted molar refractivity (Wildman–Crippen MR) is 93.8 cm³/mol. The summed E-state index contributed by atoms with van der Waals surface area (Å²) in [6, 6.07) is 14.6. The van der Waals surface area contributed by atoms with Gasteiger partial charge in [0, 0.05) is 30.8 Å². The number of halogens is 2. The highest BCUT2D eigenvalue weighted by molar-refractivity contribution is 5.85. The fourth-order valence-electron chi connectivity index (χ4n) is 2.75. The molecule has 2 nitrogen and oxygen atoms in total. The molecule has 0 amide bonds. The molecule has 0 saturated carbocycles. The third-order valence-electron chi connectivity index (χ3n) is 3.77. The molecule has 2 aromatic carbocycles. The summed E-state index contributed by atoms with van der Waals surface area (Å²) in [4.78, 5) is 2.39. The summed E-state index contributed by atoms with van der Waals surface area (Å²) in [5.41, 5.74) is 3.89. The molecule has 0 saturated heterocycles. The summed E-state index contributed by atoms with van der Waals surface area (Å²) < 4.78 is 6.03. The number of hydrogen-bond acceptors (Lipinski definition) is 2. The topological polar surface area (TPSA) is 12.5 Å². The van der Waals surface area contributed by atoms with Gasteiger partial charge >= 0.3 is 0 Å². The van der Waals surface area contributed by atoms with Crippen molar-refractivity contribution in [1.82, 2.24) is 0 Å². The van der Waals surface area contributed by atoms with E-state index in [0.717, 1.165) is 31.0 Å². The van der Waals surface area contributed by atoms with Crippen molar-refractivity contribution in [2.75, 3.05) is 18.0 Å². The van der Waals surface area contributed by atoms with Crippen LogP contribution in [-0.4, -0.2) is 13.1 Å². The first-order chi connectivity index (χ1) is 9.33. The molecule has 0 fully saturated rings. The van der Waals surface area contributed by atoms with E-state index in [1.54, 1.807) is 0 Å². The maximum absolute atomic E-state index is 6.03. The van der Waals surface area contributed by atoms with Crippen molar-refractivity contribution in [2.45, 2.75) is 20.3 Å². The first kappa shape index (κ1) is 17.7. The smallest absolute Gasteiger partial charge is 0.133 e. The zero-order chi connectivity index (χ0) is 13.2. The van der Waals surface area contributed by atoms with Gasteiger partial charge in [-0.1, -0.05) is 24.3 Å². The first-order valence-electron chi connectivity index (χ1n) is 6.96. The van der Waals surface area contributed by atoms with Gasteiger partial charge in [0.1, 0.15) is 11.5 Å². The lowest BCUT2D eigenvalue weighted by molar-refractivity contribution is 0.460. The molecule has 4 heteroatoms. The molecule has 1 aliphatic rings. The lowest BCUT2D eigenvalue weighted by Crippen LogP contribution is -2.23. The van der Waals surface area contributed by atoms with Gasteiger partial charge < -0.3 is 9.64 Å². The Kier molecular flexibility index (Phi) is 6.38. The highest BCUT2D eigenvalue weighted by atomic mass is 35.5. The van der Waals surface area contributed by atoms with E-state index in [1.807, 2.05) is 12.1 Å². The Hall–Kier alpha value is -1.38. The average Bonchev–Trinajstić information content (AvgIpc) is 2.46. The number of nitrogens with zero attached hydrogens (tertiary/aromatic N) is 1. The van der Waals surface area contributed by atoms with Crippen molar-refractivity contribution in [1.29, 1.82) is 0 Å². The van der Waals surface area contributed by atoms with Crippen molar-refractivity contribution in [3.63, 3.8) is 0 Å². The van der Waals surface area contributed by atoms with E-state index in [1.165, 1.54) is 16.8 Å². The molecule has 114 valence electrons. The monoisotopic (exact) mass is 325 g/mol. The van der Waals surface area contributed by atoms with Gasteiger partial charge in [-0.15, -0.1) is 24.8 Å². The molecule has 0 radical (unpaired) electrons. The van der Waals surface area contributed by atoms with Crippen LogP contribution in [0.2, 0.25) is 0 Å². The fraction of sp³-hybridized carbons (Fsp3) is 0.294. The second kappa shape index (κ2) is 7.58. The lowest BCUT2D eigenvalue weighted by atomic mass is 9.98. The third kappa shape index (κ3) is 3.28. The van der Waals surface area contributed by atoms with Crippen LogP contribution in [0.4, 0.5) is 5.69 Å². The molecule has 2 aromatic rings. The van der Waals surface area contributed by atoms with E-state index in [2.05, 4.69) is 49.1 Å². The lowest BCUT2D eigenvalue weighted by Gasteiger charge is -2.28. The number of rotatable bonds is 3. The van der Waals surface area contributed by atoms with Crippen molar-refractivity contribution in [2.24, 2.45) is 0 Å². The van der Waals surface area contributed by atoms with E-state index in [-0.39, 0.29) is 24.8 Å². The highest BCUT2D eigenvalue weighted by Gasteiger charge is 2.20. The fourth-order valence-corrected chi connectivity index (χ4v) is 2.75. The van der Waals surface area contributed by atoms with Crippen molar-refractivity contribution in [3.8, 4) is 11.5 Å².